The van der Waals surface area contributed by atoms with Gasteiger partial charge in [-0.1, -0.05) is 334 Å². The van der Waals surface area contributed by atoms with Crippen LogP contribution in [0.5, 0.6) is 0 Å². The van der Waals surface area contributed by atoms with Crippen molar-refractivity contribution in [2.24, 2.45) is 0 Å². The molecule has 1 atom stereocenters. The Balaban J connectivity index is 4.22. The number of allylic oxidation sites excluding steroid dienone is 4. The van der Waals surface area contributed by atoms with Crippen LogP contribution in [0.3, 0.4) is 0 Å². The fourth-order valence-corrected chi connectivity index (χ4v) is 10.4. The van der Waals surface area contributed by atoms with Crippen LogP contribution in [0.25, 0.3) is 0 Å². The van der Waals surface area contributed by atoms with E-state index in [1.807, 2.05) is 0 Å². The molecule has 0 aliphatic carbocycles. The second-order valence-electron chi connectivity index (χ2n) is 23.1. The van der Waals surface area contributed by atoms with Gasteiger partial charge >= 0.3 is 17.9 Å². The van der Waals surface area contributed by atoms with E-state index in [9.17, 15) is 14.4 Å². The first kappa shape index (κ1) is 72.9. The number of hydrogen-bond donors (Lipinski definition) is 0. The molecular weight excluding hydrogens is 925 g/mol. The molecule has 0 N–H and O–H groups in total. The molecule has 0 aromatic carbocycles. The number of ether oxygens (including phenoxy) is 3. The Morgan fingerprint density at radius 2 is 0.480 bits per heavy atom. The Kier molecular flexibility index (Phi) is 62.6. The van der Waals surface area contributed by atoms with E-state index in [-0.39, 0.29) is 31.1 Å². The maximum atomic E-state index is 12.9. The molecule has 1 unspecified atom stereocenters. The van der Waals surface area contributed by atoms with Crippen molar-refractivity contribution in [2.45, 2.75) is 386 Å². The third-order valence-corrected chi connectivity index (χ3v) is 15.5. The number of carbonyl (C=O) groups excluding carboxylic acids is 3. The van der Waals surface area contributed by atoms with Crippen LogP contribution in [-0.4, -0.2) is 37.2 Å². The molecule has 0 saturated heterocycles. The Morgan fingerprint density at radius 3 is 0.733 bits per heavy atom. The van der Waals surface area contributed by atoms with Gasteiger partial charge in [0.15, 0.2) is 6.10 Å². The predicted octanol–water partition coefficient (Wildman–Crippen LogP) is 23.0. The summed E-state index contributed by atoms with van der Waals surface area (Å²) in [6.45, 7) is 6.70. The van der Waals surface area contributed by atoms with E-state index in [0.29, 0.717) is 19.3 Å². The molecule has 6 nitrogen and oxygen atoms in total. The summed E-state index contributed by atoms with van der Waals surface area (Å²) < 4.78 is 17.0. The maximum absolute atomic E-state index is 12.9. The van der Waals surface area contributed by atoms with Gasteiger partial charge in [-0.05, 0) is 51.4 Å². The molecule has 0 radical (unpaired) electrons. The van der Waals surface area contributed by atoms with Gasteiger partial charge in [0.1, 0.15) is 13.2 Å². The number of hydrogen-bond acceptors (Lipinski definition) is 6. The van der Waals surface area contributed by atoms with Gasteiger partial charge in [-0.25, -0.2) is 0 Å². The Bertz CT molecular complexity index is 1210. The second kappa shape index (κ2) is 64.4. The van der Waals surface area contributed by atoms with Crippen LogP contribution < -0.4 is 0 Å². The monoisotopic (exact) mass is 1050 g/mol. The molecule has 0 saturated carbocycles. The van der Waals surface area contributed by atoms with Crippen LogP contribution in [0.2, 0.25) is 0 Å². The number of carbonyl (C=O) groups is 3. The quantitative estimate of drug-likeness (QED) is 0.0261. The summed E-state index contributed by atoms with van der Waals surface area (Å²) >= 11 is 0. The largest absolute Gasteiger partial charge is 0.462 e. The van der Waals surface area contributed by atoms with E-state index in [1.54, 1.807) is 0 Å². The molecule has 0 amide bonds. The lowest BCUT2D eigenvalue weighted by atomic mass is 10.0. The molecule has 75 heavy (non-hydrogen) atoms. The minimum Gasteiger partial charge on any atom is -0.462 e. The van der Waals surface area contributed by atoms with Gasteiger partial charge in [-0.15, -0.1) is 0 Å². The van der Waals surface area contributed by atoms with Crippen molar-refractivity contribution in [3.8, 4) is 0 Å². The molecule has 0 spiro atoms. The highest BCUT2D eigenvalue weighted by molar-refractivity contribution is 5.71. The average Bonchev–Trinajstić information content (AvgIpc) is 3.41. The fourth-order valence-electron chi connectivity index (χ4n) is 10.4. The number of unbranched alkanes of at least 4 members (excludes halogenated alkanes) is 48. The summed E-state index contributed by atoms with van der Waals surface area (Å²) in [4.78, 5) is 38.3. The summed E-state index contributed by atoms with van der Waals surface area (Å²) in [5, 5.41) is 0. The highest BCUT2D eigenvalue weighted by Gasteiger charge is 2.19. The zero-order chi connectivity index (χ0) is 54.3. The fraction of sp³-hybridized carbons (Fsp3) is 0.899. The van der Waals surface area contributed by atoms with E-state index in [0.717, 1.165) is 64.2 Å². The molecule has 0 fully saturated rings. The van der Waals surface area contributed by atoms with Gasteiger partial charge in [-0.3, -0.25) is 14.4 Å². The maximum Gasteiger partial charge on any atom is 0.306 e. The van der Waals surface area contributed by atoms with Crippen LogP contribution in [0.1, 0.15) is 380 Å². The summed E-state index contributed by atoms with van der Waals surface area (Å²) in [7, 11) is 0. The van der Waals surface area contributed by atoms with Gasteiger partial charge < -0.3 is 14.2 Å². The van der Waals surface area contributed by atoms with Crippen LogP contribution in [-0.2, 0) is 28.6 Å². The lowest BCUT2D eigenvalue weighted by molar-refractivity contribution is -0.167. The van der Waals surface area contributed by atoms with E-state index in [1.165, 1.54) is 276 Å². The normalized spacial score (nSPS) is 12.1. The van der Waals surface area contributed by atoms with Gasteiger partial charge in [0.05, 0.1) is 0 Å². The van der Waals surface area contributed by atoms with Crippen molar-refractivity contribution in [1.82, 2.24) is 0 Å². The van der Waals surface area contributed by atoms with Gasteiger partial charge in [0, 0.05) is 19.3 Å². The molecule has 0 bridgehead atoms. The topological polar surface area (TPSA) is 78.9 Å². The van der Waals surface area contributed by atoms with E-state index < -0.39 is 6.10 Å². The predicted molar refractivity (Wildman–Crippen MR) is 326 cm³/mol. The minimum atomic E-state index is -0.770. The summed E-state index contributed by atoms with van der Waals surface area (Å²) in [6, 6.07) is 0. The van der Waals surface area contributed by atoms with Crippen molar-refractivity contribution in [2.75, 3.05) is 13.2 Å². The van der Waals surface area contributed by atoms with E-state index in [2.05, 4.69) is 45.1 Å². The smallest absolute Gasteiger partial charge is 0.306 e. The first-order valence-electron chi connectivity index (χ1n) is 33.8. The molecule has 0 aliphatic heterocycles. The number of esters is 3. The molecule has 0 aliphatic rings. The molecule has 0 aromatic rings. The number of rotatable bonds is 63. The van der Waals surface area contributed by atoms with E-state index >= 15 is 0 Å². The zero-order valence-corrected chi connectivity index (χ0v) is 50.8. The standard InChI is InChI=1S/C69H130O6/c1-4-7-10-13-16-19-22-25-27-29-31-33-34-35-37-38-40-42-44-47-50-53-56-59-62-68(71)74-65-66(64-73-67(70)61-58-55-52-49-46-24-21-18-15-12-9-6-3)75-69(72)63-60-57-54-51-48-45-43-41-39-36-32-30-28-26-23-20-17-14-11-8-5-2/h23,26,30,32,66H,4-22,24-25,27-29,31,33-65H2,1-3H3/b26-23-,32-30-. The van der Waals surface area contributed by atoms with Gasteiger partial charge in [0.2, 0.25) is 0 Å². The Morgan fingerprint density at radius 1 is 0.267 bits per heavy atom. The van der Waals surface area contributed by atoms with Crippen molar-refractivity contribution in [3.05, 3.63) is 24.3 Å². The van der Waals surface area contributed by atoms with Crippen molar-refractivity contribution < 1.29 is 28.6 Å². The summed E-state index contributed by atoms with van der Waals surface area (Å²) in [5.41, 5.74) is 0. The Labute approximate surface area is 468 Å². The summed E-state index contributed by atoms with van der Waals surface area (Å²) in [5.74, 6) is -0.842. The summed E-state index contributed by atoms with van der Waals surface area (Å²) in [6.07, 6.45) is 77.7. The van der Waals surface area contributed by atoms with Crippen LogP contribution in [0, 0.1) is 0 Å². The first-order valence-corrected chi connectivity index (χ1v) is 33.8. The molecule has 442 valence electrons. The van der Waals surface area contributed by atoms with Crippen LogP contribution in [0.4, 0.5) is 0 Å². The zero-order valence-electron chi connectivity index (χ0n) is 50.8. The Hall–Kier alpha value is -2.11. The third kappa shape index (κ3) is 62.6. The average molecular weight is 1060 g/mol. The van der Waals surface area contributed by atoms with Crippen molar-refractivity contribution in [1.29, 1.82) is 0 Å². The minimum absolute atomic E-state index is 0.0667. The first-order chi connectivity index (χ1) is 37.0. The second-order valence-corrected chi connectivity index (χ2v) is 23.1. The van der Waals surface area contributed by atoms with Gasteiger partial charge in [0.25, 0.3) is 0 Å². The SMILES string of the molecule is CCCCCCC/C=C\C/C=C\CCCCCCCCCCCC(=O)OC(COC(=O)CCCCCCCCCCCCCC)COC(=O)CCCCCCCCCCCCCCCCCCCCCCCCCC. The van der Waals surface area contributed by atoms with Crippen molar-refractivity contribution in [3.63, 3.8) is 0 Å². The van der Waals surface area contributed by atoms with E-state index in [4.69, 9.17) is 14.2 Å². The van der Waals surface area contributed by atoms with Gasteiger partial charge in [-0.2, -0.15) is 0 Å². The molecular formula is C69H130O6. The third-order valence-electron chi connectivity index (χ3n) is 15.5. The molecule has 0 heterocycles. The highest BCUT2D eigenvalue weighted by atomic mass is 16.6. The van der Waals surface area contributed by atoms with Crippen LogP contribution in [0.15, 0.2) is 24.3 Å². The lowest BCUT2D eigenvalue weighted by Gasteiger charge is -2.18. The molecule has 0 aromatic heterocycles. The lowest BCUT2D eigenvalue weighted by Crippen LogP contribution is -2.30. The molecule has 6 heteroatoms. The highest BCUT2D eigenvalue weighted by Crippen LogP contribution is 2.18. The van der Waals surface area contributed by atoms with Crippen LogP contribution >= 0.6 is 0 Å². The van der Waals surface area contributed by atoms with Crippen molar-refractivity contribution >= 4 is 17.9 Å². The molecule has 0 rings (SSSR count).